The van der Waals surface area contributed by atoms with E-state index in [9.17, 15) is 14.0 Å². The molecule has 0 radical (unpaired) electrons. The van der Waals surface area contributed by atoms with Gasteiger partial charge in [-0.15, -0.1) is 6.58 Å². The number of ether oxygens (including phenoxy) is 2. The Kier molecular flexibility index (Phi) is 8.12. The third kappa shape index (κ3) is 6.50. The lowest BCUT2D eigenvalue weighted by molar-refractivity contribution is -0.158. The van der Waals surface area contributed by atoms with E-state index in [-0.39, 0.29) is 24.4 Å². The van der Waals surface area contributed by atoms with Crippen molar-refractivity contribution < 1.29 is 23.5 Å². The van der Waals surface area contributed by atoms with Crippen molar-refractivity contribution in [3.63, 3.8) is 0 Å². The summed E-state index contributed by atoms with van der Waals surface area (Å²) in [6.07, 6.45) is 0.751. The standard InChI is InChI=1S/C18H24FNO4/c1-5-10-23-13(4)18(22)24-11-16(21)20-17(12(2)3)14-6-8-15(19)9-7-14/h5-9,12-13,17H,1,10-11H2,2-4H3,(H,20,21). The fraction of sp³-hybridized carbons (Fsp3) is 0.444. The highest BCUT2D eigenvalue weighted by atomic mass is 19.1. The second-order valence-electron chi connectivity index (χ2n) is 5.71. The molecule has 0 aliphatic carbocycles. The Bertz CT molecular complexity index is 557. The number of amides is 1. The predicted molar refractivity (Wildman–Crippen MR) is 88.7 cm³/mol. The molecule has 1 amide bonds. The van der Waals surface area contributed by atoms with Crippen molar-refractivity contribution in [3.8, 4) is 0 Å². The topological polar surface area (TPSA) is 64.6 Å². The van der Waals surface area contributed by atoms with Gasteiger partial charge >= 0.3 is 5.97 Å². The number of carbonyl (C=O) groups excluding carboxylic acids is 2. The van der Waals surface area contributed by atoms with Crippen molar-refractivity contribution in [2.24, 2.45) is 5.92 Å². The summed E-state index contributed by atoms with van der Waals surface area (Å²) in [5.74, 6) is -1.29. The highest BCUT2D eigenvalue weighted by Crippen LogP contribution is 2.21. The van der Waals surface area contributed by atoms with Crippen molar-refractivity contribution in [1.29, 1.82) is 0 Å². The Balaban J connectivity index is 2.56. The van der Waals surface area contributed by atoms with Crippen molar-refractivity contribution in [1.82, 2.24) is 5.32 Å². The first kappa shape index (κ1) is 19.8. The maximum Gasteiger partial charge on any atom is 0.335 e. The van der Waals surface area contributed by atoms with Crippen LogP contribution in [0.2, 0.25) is 0 Å². The molecule has 2 atom stereocenters. The third-order valence-electron chi connectivity index (χ3n) is 3.35. The molecule has 5 nitrogen and oxygen atoms in total. The summed E-state index contributed by atoms with van der Waals surface area (Å²) in [6.45, 7) is 8.72. The molecular weight excluding hydrogens is 313 g/mol. The zero-order valence-electron chi connectivity index (χ0n) is 14.3. The van der Waals surface area contributed by atoms with Gasteiger partial charge in [-0.25, -0.2) is 9.18 Å². The van der Waals surface area contributed by atoms with E-state index < -0.39 is 24.6 Å². The number of nitrogens with one attached hydrogen (secondary N) is 1. The van der Waals surface area contributed by atoms with Crippen molar-refractivity contribution in [3.05, 3.63) is 48.3 Å². The molecule has 1 aromatic rings. The zero-order chi connectivity index (χ0) is 18.1. The van der Waals surface area contributed by atoms with Gasteiger partial charge in [0.25, 0.3) is 5.91 Å². The Morgan fingerprint density at radius 3 is 2.42 bits per heavy atom. The Hall–Kier alpha value is -2.21. The lowest BCUT2D eigenvalue weighted by Crippen LogP contribution is -2.36. The van der Waals surface area contributed by atoms with Crippen LogP contribution in [0.15, 0.2) is 36.9 Å². The molecule has 0 saturated carbocycles. The number of hydrogen-bond acceptors (Lipinski definition) is 4. The van der Waals surface area contributed by atoms with Crippen molar-refractivity contribution in [2.45, 2.75) is 32.9 Å². The molecule has 1 aromatic carbocycles. The van der Waals surface area contributed by atoms with Gasteiger partial charge in [-0.2, -0.15) is 0 Å². The minimum Gasteiger partial charge on any atom is -0.454 e. The van der Waals surface area contributed by atoms with Crippen molar-refractivity contribution >= 4 is 11.9 Å². The molecule has 0 heterocycles. The first-order valence-corrected chi connectivity index (χ1v) is 7.79. The van der Waals surface area contributed by atoms with Crippen LogP contribution in [0, 0.1) is 11.7 Å². The Labute approximate surface area is 141 Å². The number of carbonyl (C=O) groups is 2. The smallest absolute Gasteiger partial charge is 0.335 e. The van der Waals surface area contributed by atoms with Crippen LogP contribution in [0.1, 0.15) is 32.4 Å². The monoisotopic (exact) mass is 337 g/mol. The average Bonchev–Trinajstić information content (AvgIpc) is 2.56. The largest absolute Gasteiger partial charge is 0.454 e. The number of halogens is 1. The summed E-state index contributed by atoms with van der Waals surface area (Å²) in [4.78, 5) is 23.7. The van der Waals surface area contributed by atoms with Crippen LogP contribution in [-0.4, -0.2) is 31.2 Å². The Morgan fingerprint density at radius 2 is 1.88 bits per heavy atom. The highest BCUT2D eigenvalue weighted by Gasteiger charge is 2.20. The first-order valence-electron chi connectivity index (χ1n) is 7.79. The van der Waals surface area contributed by atoms with E-state index in [4.69, 9.17) is 9.47 Å². The van der Waals surface area contributed by atoms with Crippen LogP contribution in [0.3, 0.4) is 0 Å². The molecule has 2 unspecified atom stereocenters. The second kappa shape index (κ2) is 9.82. The summed E-state index contributed by atoms with van der Waals surface area (Å²) in [7, 11) is 0. The maximum absolute atomic E-state index is 13.0. The van der Waals surface area contributed by atoms with E-state index in [1.807, 2.05) is 13.8 Å². The van der Waals surface area contributed by atoms with E-state index in [1.54, 1.807) is 19.1 Å². The van der Waals surface area contributed by atoms with E-state index >= 15 is 0 Å². The van der Waals surface area contributed by atoms with Gasteiger partial charge in [0.15, 0.2) is 12.7 Å². The lowest BCUT2D eigenvalue weighted by atomic mass is 9.96. The molecule has 1 N–H and O–H groups in total. The van der Waals surface area contributed by atoms with Gasteiger partial charge in [0.2, 0.25) is 0 Å². The van der Waals surface area contributed by atoms with E-state index in [2.05, 4.69) is 11.9 Å². The maximum atomic E-state index is 13.0. The normalized spacial score (nSPS) is 13.2. The SMILES string of the molecule is C=CCOC(C)C(=O)OCC(=O)NC(c1ccc(F)cc1)C(C)C. The van der Waals surface area contributed by atoms with Crippen LogP contribution in [0.5, 0.6) is 0 Å². The molecule has 0 spiro atoms. The summed E-state index contributed by atoms with van der Waals surface area (Å²) < 4.78 is 23.1. The Morgan fingerprint density at radius 1 is 1.25 bits per heavy atom. The molecule has 0 saturated heterocycles. The van der Waals surface area contributed by atoms with Crippen LogP contribution in [0.4, 0.5) is 4.39 Å². The fourth-order valence-corrected chi connectivity index (χ4v) is 2.05. The molecule has 0 bridgehead atoms. The average molecular weight is 337 g/mol. The van der Waals surface area contributed by atoms with Crippen LogP contribution in [-0.2, 0) is 19.1 Å². The number of rotatable bonds is 9. The van der Waals surface area contributed by atoms with Gasteiger partial charge in [-0.3, -0.25) is 4.79 Å². The van der Waals surface area contributed by atoms with E-state index in [1.165, 1.54) is 18.2 Å². The summed E-state index contributed by atoms with van der Waals surface area (Å²) in [5.41, 5.74) is 0.786. The van der Waals surface area contributed by atoms with Gasteiger partial charge in [-0.05, 0) is 30.5 Å². The lowest BCUT2D eigenvalue weighted by Gasteiger charge is -2.23. The minimum atomic E-state index is -0.770. The number of esters is 1. The highest BCUT2D eigenvalue weighted by molar-refractivity contribution is 5.82. The second-order valence-corrected chi connectivity index (χ2v) is 5.71. The molecule has 132 valence electrons. The minimum absolute atomic E-state index is 0.0879. The zero-order valence-corrected chi connectivity index (χ0v) is 14.3. The van der Waals surface area contributed by atoms with E-state index in [0.717, 1.165) is 5.56 Å². The fourth-order valence-electron chi connectivity index (χ4n) is 2.05. The first-order chi connectivity index (χ1) is 11.3. The number of hydrogen-bond donors (Lipinski definition) is 1. The van der Waals surface area contributed by atoms with Crippen LogP contribution in [0.25, 0.3) is 0 Å². The van der Waals surface area contributed by atoms with Gasteiger partial charge in [0.1, 0.15) is 5.82 Å². The molecule has 0 aromatic heterocycles. The van der Waals surface area contributed by atoms with Crippen LogP contribution >= 0.6 is 0 Å². The molecular formula is C18H24FNO4. The molecule has 6 heteroatoms. The van der Waals surface area contributed by atoms with Crippen LogP contribution < -0.4 is 5.32 Å². The van der Waals surface area contributed by atoms with Gasteiger partial charge < -0.3 is 14.8 Å². The van der Waals surface area contributed by atoms with E-state index in [0.29, 0.717) is 0 Å². The summed E-state index contributed by atoms with van der Waals surface area (Å²) in [6, 6.07) is 5.63. The van der Waals surface area contributed by atoms with Crippen molar-refractivity contribution in [2.75, 3.05) is 13.2 Å². The van der Waals surface area contributed by atoms with Gasteiger partial charge in [-0.1, -0.05) is 32.1 Å². The third-order valence-corrected chi connectivity index (χ3v) is 3.35. The molecule has 1 rings (SSSR count). The molecule has 24 heavy (non-hydrogen) atoms. The van der Waals surface area contributed by atoms with Gasteiger partial charge in [0.05, 0.1) is 12.6 Å². The molecule has 0 fully saturated rings. The molecule has 0 aliphatic rings. The summed E-state index contributed by atoms with van der Waals surface area (Å²) in [5, 5.41) is 2.79. The summed E-state index contributed by atoms with van der Waals surface area (Å²) >= 11 is 0. The number of benzene rings is 1. The molecule has 0 aliphatic heterocycles. The van der Waals surface area contributed by atoms with Gasteiger partial charge in [0, 0.05) is 0 Å². The predicted octanol–water partition coefficient (Wildman–Crippen LogP) is 2.77. The quantitative estimate of drug-likeness (QED) is 0.556.